The summed E-state index contributed by atoms with van der Waals surface area (Å²) in [7, 11) is 0. The van der Waals surface area contributed by atoms with Crippen molar-refractivity contribution in [2.45, 2.75) is 32.9 Å². The van der Waals surface area contributed by atoms with Crippen molar-refractivity contribution in [3.05, 3.63) is 34.3 Å². The second-order valence-corrected chi connectivity index (χ2v) is 5.57. The Morgan fingerprint density at radius 1 is 1.33 bits per heavy atom. The highest BCUT2D eigenvalue weighted by Crippen LogP contribution is 2.18. The minimum absolute atomic E-state index is 0.101. The van der Waals surface area contributed by atoms with Crippen LogP contribution in [0.2, 0.25) is 5.02 Å². The summed E-state index contributed by atoms with van der Waals surface area (Å²) in [4.78, 5) is 14.4. The molecule has 4 heteroatoms. The normalized spacial score (nSPS) is 24.1. The van der Waals surface area contributed by atoms with Crippen molar-refractivity contribution in [1.82, 2.24) is 10.2 Å². The predicted molar refractivity (Wildman–Crippen MR) is 74.2 cm³/mol. The fraction of sp³-hybridized carbons (Fsp3) is 0.500. The summed E-state index contributed by atoms with van der Waals surface area (Å²) in [5.41, 5.74) is 1.69. The van der Waals surface area contributed by atoms with Crippen molar-refractivity contribution in [1.29, 1.82) is 0 Å². The van der Waals surface area contributed by atoms with Crippen LogP contribution in [0.1, 0.15) is 29.8 Å². The molecule has 0 spiro atoms. The molecule has 18 heavy (non-hydrogen) atoms. The number of nitrogens with one attached hydrogen (secondary N) is 1. The Hall–Kier alpha value is -1.06. The van der Waals surface area contributed by atoms with Crippen LogP contribution >= 0.6 is 11.6 Å². The smallest absolute Gasteiger partial charge is 0.254 e. The van der Waals surface area contributed by atoms with E-state index in [4.69, 9.17) is 11.6 Å². The van der Waals surface area contributed by atoms with Gasteiger partial charge in [-0.05, 0) is 44.5 Å². The third kappa shape index (κ3) is 2.85. The van der Waals surface area contributed by atoms with Crippen LogP contribution in [-0.4, -0.2) is 36.0 Å². The van der Waals surface area contributed by atoms with E-state index in [0.717, 1.165) is 24.2 Å². The van der Waals surface area contributed by atoms with E-state index in [0.29, 0.717) is 17.1 Å². The average Bonchev–Trinajstić information content (AvgIpc) is 2.26. The highest BCUT2D eigenvalue weighted by Gasteiger charge is 2.26. The van der Waals surface area contributed by atoms with E-state index in [9.17, 15) is 4.79 Å². The fourth-order valence-electron chi connectivity index (χ4n) is 2.53. The monoisotopic (exact) mass is 266 g/mol. The molecule has 1 saturated heterocycles. The molecule has 0 saturated carbocycles. The second kappa shape index (κ2) is 5.29. The van der Waals surface area contributed by atoms with Gasteiger partial charge in [0.2, 0.25) is 0 Å². The summed E-state index contributed by atoms with van der Waals surface area (Å²) in [5, 5.41) is 4.10. The number of aryl methyl sites for hydroxylation is 1. The second-order valence-electron chi connectivity index (χ2n) is 5.14. The maximum Gasteiger partial charge on any atom is 0.254 e. The highest BCUT2D eigenvalue weighted by molar-refractivity contribution is 6.30. The number of rotatable bonds is 1. The zero-order valence-corrected chi connectivity index (χ0v) is 11.8. The molecular formula is C14H19ClN2O. The van der Waals surface area contributed by atoms with Gasteiger partial charge in [-0.1, -0.05) is 11.6 Å². The van der Waals surface area contributed by atoms with E-state index in [1.54, 1.807) is 6.07 Å². The minimum Gasteiger partial charge on any atom is -0.336 e. The van der Waals surface area contributed by atoms with Crippen LogP contribution in [0.5, 0.6) is 0 Å². The number of hydrogen-bond acceptors (Lipinski definition) is 2. The largest absolute Gasteiger partial charge is 0.336 e. The molecule has 98 valence electrons. The van der Waals surface area contributed by atoms with Gasteiger partial charge < -0.3 is 10.2 Å². The standard InChI is InChI=1S/C14H19ClN2O/c1-9-6-12(15)4-5-13(9)14(18)17-7-10(2)16-11(3)8-17/h4-6,10-11,16H,7-8H2,1-3H3. The van der Waals surface area contributed by atoms with Crippen molar-refractivity contribution in [3.63, 3.8) is 0 Å². The van der Waals surface area contributed by atoms with Gasteiger partial charge in [0, 0.05) is 35.8 Å². The number of amides is 1. The van der Waals surface area contributed by atoms with Gasteiger partial charge in [0.05, 0.1) is 0 Å². The number of carbonyl (C=O) groups excluding carboxylic acids is 1. The molecule has 1 aliphatic rings. The topological polar surface area (TPSA) is 32.3 Å². The minimum atomic E-state index is 0.101. The molecule has 0 aromatic heterocycles. The molecule has 1 aliphatic heterocycles. The number of piperazine rings is 1. The number of carbonyl (C=O) groups is 1. The highest BCUT2D eigenvalue weighted by atomic mass is 35.5. The van der Waals surface area contributed by atoms with E-state index >= 15 is 0 Å². The Kier molecular flexibility index (Phi) is 3.93. The summed E-state index contributed by atoms with van der Waals surface area (Å²) in [6.45, 7) is 7.64. The lowest BCUT2D eigenvalue weighted by molar-refractivity contribution is 0.0673. The van der Waals surface area contributed by atoms with Gasteiger partial charge in [0.1, 0.15) is 0 Å². The zero-order chi connectivity index (χ0) is 13.3. The van der Waals surface area contributed by atoms with Crippen LogP contribution in [0.15, 0.2) is 18.2 Å². The summed E-state index contributed by atoms with van der Waals surface area (Å²) in [6.07, 6.45) is 0. The molecule has 1 N–H and O–H groups in total. The van der Waals surface area contributed by atoms with Crippen molar-refractivity contribution in [2.75, 3.05) is 13.1 Å². The molecule has 0 radical (unpaired) electrons. The molecule has 1 fully saturated rings. The number of benzene rings is 1. The van der Waals surface area contributed by atoms with Crippen LogP contribution in [0.4, 0.5) is 0 Å². The molecule has 2 atom stereocenters. The van der Waals surface area contributed by atoms with Gasteiger partial charge in [-0.25, -0.2) is 0 Å². The van der Waals surface area contributed by atoms with Crippen LogP contribution in [-0.2, 0) is 0 Å². The maximum absolute atomic E-state index is 12.5. The predicted octanol–water partition coefficient (Wildman–Crippen LogP) is 2.47. The summed E-state index contributed by atoms with van der Waals surface area (Å²) in [6, 6.07) is 6.11. The van der Waals surface area contributed by atoms with Crippen LogP contribution in [0.25, 0.3) is 0 Å². The number of hydrogen-bond donors (Lipinski definition) is 1. The van der Waals surface area contributed by atoms with Crippen LogP contribution in [0, 0.1) is 6.92 Å². The number of halogens is 1. The summed E-state index contributed by atoms with van der Waals surface area (Å²) in [5.74, 6) is 0.101. The molecule has 1 aromatic rings. The lowest BCUT2D eigenvalue weighted by Gasteiger charge is -2.36. The Balaban J connectivity index is 2.20. The van der Waals surface area contributed by atoms with E-state index in [2.05, 4.69) is 19.2 Å². The lowest BCUT2D eigenvalue weighted by Crippen LogP contribution is -2.55. The van der Waals surface area contributed by atoms with Crippen LogP contribution < -0.4 is 5.32 Å². The first-order chi connectivity index (χ1) is 8.47. The Labute approximate surface area is 113 Å². The molecule has 0 aliphatic carbocycles. The molecule has 0 bridgehead atoms. The summed E-state index contributed by atoms with van der Waals surface area (Å²) >= 11 is 5.92. The van der Waals surface area contributed by atoms with Gasteiger partial charge in [-0.3, -0.25) is 4.79 Å². The first-order valence-electron chi connectivity index (χ1n) is 6.29. The van der Waals surface area contributed by atoms with Crippen LogP contribution in [0.3, 0.4) is 0 Å². The summed E-state index contributed by atoms with van der Waals surface area (Å²) < 4.78 is 0. The molecule has 3 nitrogen and oxygen atoms in total. The van der Waals surface area contributed by atoms with Crippen molar-refractivity contribution in [2.24, 2.45) is 0 Å². The third-order valence-electron chi connectivity index (χ3n) is 3.26. The third-order valence-corrected chi connectivity index (χ3v) is 3.50. The van der Waals surface area contributed by atoms with E-state index in [1.165, 1.54) is 0 Å². The first-order valence-corrected chi connectivity index (χ1v) is 6.66. The van der Waals surface area contributed by atoms with Gasteiger partial charge in [-0.2, -0.15) is 0 Å². The molecular weight excluding hydrogens is 248 g/mol. The fourth-order valence-corrected chi connectivity index (χ4v) is 2.76. The van der Waals surface area contributed by atoms with E-state index in [1.807, 2.05) is 24.0 Å². The Morgan fingerprint density at radius 2 is 1.94 bits per heavy atom. The molecule has 2 unspecified atom stereocenters. The molecule has 2 rings (SSSR count). The van der Waals surface area contributed by atoms with E-state index < -0.39 is 0 Å². The molecule has 1 heterocycles. The zero-order valence-electron chi connectivity index (χ0n) is 11.0. The lowest BCUT2D eigenvalue weighted by atomic mass is 10.1. The van der Waals surface area contributed by atoms with Crippen molar-refractivity contribution >= 4 is 17.5 Å². The van der Waals surface area contributed by atoms with E-state index in [-0.39, 0.29) is 5.91 Å². The first kappa shape index (κ1) is 13.4. The number of nitrogens with zero attached hydrogens (tertiary/aromatic N) is 1. The van der Waals surface area contributed by atoms with Gasteiger partial charge in [0.25, 0.3) is 5.91 Å². The molecule has 1 amide bonds. The van der Waals surface area contributed by atoms with Crippen molar-refractivity contribution in [3.8, 4) is 0 Å². The molecule has 1 aromatic carbocycles. The quantitative estimate of drug-likeness (QED) is 0.847. The average molecular weight is 267 g/mol. The Morgan fingerprint density at radius 3 is 2.50 bits per heavy atom. The van der Waals surface area contributed by atoms with Crippen molar-refractivity contribution < 1.29 is 4.79 Å². The van der Waals surface area contributed by atoms with Gasteiger partial charge in [-0.15, -0.1) is 0 Å². The Bertz CT molecular complexity index is 451. The maximum atomic E-state index is 12.5. The SMILES string of the molecule is Cc1cc(Cl)ccc1C(=O)N1CC(C)NC(C)C1. The van der Waals surface area contributed by atoms with Gasteiger partial charge in [0.15, 0.2) is 0 Å². The van der Waals surface area contributed by atoms with Gasteiger partial charge >= 0.3 is 0 Å².